The second-order valence-electron chi connectivity index (χ2n) is 10.3. The van der Waals surface area contributed by atoms with E-state index in [0.29, 0.717) is 23.7 Å². The minimum absolute atomic E-state index is 0.155. The fraction of sp³-hybridized carbons (Fsp3) is 0.833. The Bertz CT molecular complexity index is 552. The van der Waals surface area contributed by atoms with Crippen molar-refractivity contribution in [3.8, 4) is 0 Å². The van der Waals surface area contributed by atoms with E-state index in [-0.39, 0.29) is 34.8 Å². The fourth-order valence-electron chi connectivity index (χ4n) is 6.02. The lowest BCUT2D eigenvalue weighted by Gasteiger charge is -2.41. The predicted molar refractivity (Wildman–Crippen MR) is 112 cm³/mol. The van der Waals surface area contributed by atoms with Gasteiger partial charge in [0.05, 0.1) is 11.1 Å². The largest absolute Gasteiger partial charge is 0.478 e. The molecule has 0 bridgehead atoms. The zero-order chi connectivity index (χ0) is 21.2. The molecular weight excluding hydrogens is 352 g/mol. The molecule has 6 atom stereocenters. The van der Waals surface area contributed by atoms with Crippen LogP contribution in [0.1, 0.15) is 80.1 Å². The van der Waals surface area contributed by atoms with Gasteiger partial charge in [-0.3, -0.25) is 0 Å². The monoisotopic (exact) mass is 392 g/mol. The molecule has 0 aromatic rings. The van der Waals surface area contributed by atoms with E-state index in [0.717, 1.165) is 38.5 Å². The smallest absolute Gasteiger partial charge is 0.332 e. The van der Waals surface area contributed by atoms with Crippen LogP contribution in [0.25, 0.3) is 0 Å². The molecule has 2 aliphatic carbocycles. The number of hydrogen-bond acceptors (Lipinski definition) is 2. The van der Waals surface area contributed by atoms with Gasteiger partial charge in [0, 0.05) is 0 Å². The lowest BCUT2D eigenvalue weighted by Crippen LogP contribution is -2.37. The number of carbonyl (C=O) groups is 2. The Morgan fingerprint density at radius 2 is 1.00 bits per heavy atom. The zero-order valence-corrected chi connectivity index (χ0v) is 18.6. The predicted octanol–water partition coefficient (Wildman–Crippen LogP) is 5.87. The SMILES string of the molecule is CC1CCC(C(C)C)C(C(C(=O)O)=C(C(=O)O)C2CC(C)CCC2C(C)C)C1. The van der Waals surface area contributed by atoms with Gasteiger partial charge < -0.3 is 10.2 Å². The standard InChI is InChI=1S/C24H40O4/c1-13(2)17-9-7-15(5)11-19(17)21(23(25)26)22(24(27)28)20-12-16(6)8-10-18(20)14(3)4/h13-20H,7-12H2,1-6H3,(H,25,26)(H,27,28). The average Bonchev–Trinajstić information content (AvgIpc) is 2.58. The fourth-order valence-corrected chi connectivity index (χ4v) is 6.02. The summed E-state index contributed by atoms with van der Waals surface area (Å²) in [5.41, 5.74) is 0.449. The van der Waals surface area contributed by atoms with Crippen molar-refractivity contribution < 1.29 is 19.8 Å². The van der Waals surface area contributed by atoms with Gasteiger partial charge in [0.25, 0.3) is 0 Å². The Kier molecular flexibility index (Phi) is 7.75. The molecule has 160 valence electrons. The van der Waals surface area contributed by atoms with Gasteiger partial charge in [0.15, 0.2) is 0 Å². The quantitative estimate of drug-likeness (QED) is 0.554. The molecule has 0 amide bonds. The topological polar surface area (TPSA) is 74.6 Å². The van der Waals surface area contributed by atoms with Gasteiger partial charge in [-0.1, -0.05) is 54.4 Å². The molecule has 0 saturated heterocycles. The summed E-state index contributed by atoms with van der Waals surface area (Å²) >= 11 is 0. The Balaban J connectivity index is 2.62. The lowest BCUT2D eigenvalue weighted by molar-refractivity contribution is -0.137. The van der Waals surface area contributed by atoms with Gasteiger partial charge in [0.1, 0.15) is 0 Å². The Morgan fingerprint density at radius 3 is 1.25 bits per heavy atom. The molecule has 2 rings (SSSR count). The molecule has 28 heavy (non-hydrogen) atoms. The molecule has 0 aliphatic heterocycles. The summed E-state index contributed by atoms with van der Waals surface area (Å²) in [7, 11) is 0. The van der Waals surface area contributed by atoms with Crippen LogP contribution in [0, 0.1) is 47.3 Å². The first-order valence-corrected chi connectivity index (χ1v) is 11.2. The number of carboxylic acids is 2. The first kappa shape index (κ1) is 23.0. The molecule has 2 N–H and O–H groups in total. The van der Waals surface area contributed by atoms with E-state index in [2.05, 4.69) is 41.5 Å². The van der Waals surface area contributed by atoms with Crippen molar-refractivity contribution in [2.75, 3.05) is 0 Å². The maximum Gasteiger partial charge on any atom is 0.332 e. The summed E-state index contributed by atoms with van der Waals surface area (Å²) in [6.07, 6.45) is 5.75. The van der Waals surface area contributed by atoms with E-state index < -0.39 is 11.9 Å². The summed E-state index contributed by atoms with van der Waals surface area (Å²) in [5, 5.41) is 20.5. The molecule has 2 fully saturated rings. The molecule has 2 aliphatic rings. The molecular formula is C24H40O4. The first-order chi connectivity index (χ1) is 13.0. The molecule has 2 saturated carbocycles. The van der Waals surface area contributed by atoms with Crippen molar-refractivity contribution in [3.05, 3.63) is 11.1 Å². The van der Waals surface area contributed by atoms with Crippen molar-refractivity contribution in [2.24, 2.45) is 47.3 Å². The van der Waals surface area contributed by atoms with E-state index in [9.17, 15) is 19.8 Å². The Morgan fingerprint density at radius 1 is 0.679 bits per heavy atom. The third-order valence-corrected chi connectivity index (χ3v) is 7.54. The van der Waals surface area contributed by atoms with E-state index >= 15 is 0 Å². The minimum atomic E-state index is -1.01. The van der Waals surface area contributed by atoms with Crippen LogP contribution in [0.15, 0.2) is 11.1 Å². The second kappa shape index (κ2) is 9.45. The van der Waals surface area contributed by atoms with Crippen LogP contribution in [0.5, 0.6) is 0 Å². The first-order valence-electron chi connectivity index (χ1n) is 11.2. The van der Waals surface area contributed by atoms with Crippen LogP contribution in [-0.2, 0) is 9.59 Å². The van der Waals surface area contributed by atoms with Crippen molar-refractivity contribution in [2.45, 2.75) is 80.1 Å². The maximum atomic E-state index is 12.5. The number of rotatable bonds is 6. The van der Waals surface area contributed by atoms with Crippen molar-refractivity contribution in [3.63, 3.8) is 0 Å². The third kappa shape index (κ3) is 4.99. The van der Waals surface area contributed by atoms with Crippen molar-refractivity contribution in [1.29, 1.82) is 0 Å². The highest BCUT2D eigenvalue weighted by Crippen LogP contribution is 2.47. The summed E-state index contributed by atoms with van der Waals surface area (Å²) in [5.74, 6) is -0.252. The Labute approximate surface area is 170 Å². The second-order valence-corrected chi connectivity index (χ2v) is 10.3. The van der Waals surface area contributed by atoms with Crippen molar-refractivity contribution >= 4 is 11.9 Å². The maximum absolute atomic E-state index is 12.5. The molecule has 0 spiro atoms. The van der Waals surface area contributed by atoms with Crippen LogP contribution in [0.4, 0.5) is 0 Å². The van der Waals surface area contributed by atoms with Crippen LogP contribution >= 0.6 is 0 Å². The highest BCUT2D eigenvalue weighted by molar-refractivity contribution is 5.99. The zero-order valence-electron chi connectivity index (χ0n) is 18.6. The van der Waals surface area contributed by atoms with Gasteiger partial charge in [-0.2, -0.15) is 0 Å². The number of hydrogen-bond donors (Lipinski definition) is 2. The van der Waals surface area contributed by atoms with Crippen LogP contribution in [0.2, 0.25) is 0 Å². The van der Waals surface area contributed by atoms with E-state index in [1.807, 2.05) is 0 Å². The molecule has 0 aromatic carbocycles. The summed E-state index contributed by atoms with van der Waals surface area (Å²) in [6.45, 7) is 12.9. The average molecular weight is 393 g/mol. The summed E-state index contributed by atoms with van der Waals surface area (Å²) in [4.78, 5) is 25.0. The third-order valence-electron chi connectivity index (χ3n) is 7.54. The van der Waals surface area contributed by atoms with Gasteiger partial charge in [0.2, 0.25) is 0 Å². The van der Waals surface area contributed by atoms with Gasteiger partial charge in [-0.15, -0.1) is 0 Å². The molecule has 4 nitrogen and oxygen atoms in total. The highest BCUT2D eigenvalue weighted by atomic mass is 16.4. The molecule has 0 aromatic heterocycles. The van der Waals surface area contributed by atoms with Crippen molar-refractivity contribution in [1.82, 2.24) is 0 Å². The normalized spacial score (nSPS) is 35.0. The van der Waals surface area contributed by atoms with E-state index in [1.165, 1.54) is 0 Å². The van der Waals surface area contributed by atoms with Gasteiger partial charge in [-0.25, -0.2) is 9.59 Å². The number of aliphatic carboxylic acids is 2. The van der Waals surface area contributed by atoms with Crippen LogP contribution in [0.3, 0.4) is 0 Å². The lowest BCUT2D eigenvalue weighted by atomic mass is 9.62. The Hall–Kier alpha value is -1.32. The summed E-state index contributed by atoms with van der Waals surface area (Å²) < 4.78 is 0. The molecule has 4 heteroatoms. The number of carboxylic acid groups (broad SMARTS) is 2. The minimum Gasteiger partial charge on any atom is -0.478 e. The van der Waals surface area contributed by atoms with E-state index in [1.54, 1.807) is 0 Å². The molecule has 0 radical (unpaired) electrons. The highest BCUT2D eigenvalue weighted by Gasteiger charge is 2.43. The summed E-state index contributed by atoms with van der Waals surface area (Å²) in [6, 6.07) is 0. The van der Waals surface area contributed by atoms with E-state index in [4.69, 9.17) is 0 Å². The van der Waals surface area contributed by atoms with Gasteiger partial charge in [-0.05, 0) is 73.0 Å². The van der Waals surface area contributed by atoms with Crippen LogP contribution < -0.4 is 0 Å². The van der Waals surface area contributed by atoms with Crippen LogP contribution in [-0.4, -0.2) is 22.2 Å². The molecule has 6 unspecified atom stereocenters. The molecule has 0 heterocycles. The van der Waals surface area contributed by atoms with Gasteiger partial charge >= 0.3 is 11.9 Å².